The molecule has 0 heterocycles. The van der Waals surface area contributed by atoms with Crippen molar-refractivity contribution < 1.29 is 9.53 Å². The van der Waals surface area contributed by atoms with Gasteiger partial charge in [-0.25, -0.2) is 4.79 Å². The molecule has 1 fully saturated rings. The lowest BCUT2D eigenvalue weighted by molar-refractivity contribution is 0.0597. The molecule has 4 heteroatoms. The van der Waals surface area contributed by atoms with Gasteiger partial charge in [-0.15, -0.1) is 0 Å². The SMILES string of the molecule is CNC(=O)O[C@H]1CC[C@](CN)(c2ccccc2)CC1. The van der Waals surface area contributed by atoms with Gasteiger partial charge in [0, 0.05) is 19.0 Å². The van der Waals surface area contributed by atoms with Crippen LogP contribution in [0.1, 0.15) is 31.2 Å². The van der Waals surface area contributed by atoms with Gasteiger partial charge in [-0.1, -0.05) is 30.3 Å². The van der Waals surface area contributed by atoms with Crippen LogP contribution < -0.4 is 11.1 Å². The van der Waals surface area contributed by atoms with Gasteiger partial charge >= 0.3 is 6.09 Å². The van der Waals surface area contributed by atoms with E-state index in [1.54, 1.807) is 7.05 Å². The molecule has 1 amide bonds. The van der Waals surface area contributed by atoms with Crippen LogP contribution in [0.3, 0.4) is 0 Å². The second-order valence-corrected chi connectivity index (χ2v) is 5.21. The number of nitrogens with two attached hydrogens (primary N) is 1. The largest absolute Gasteiger partial charge is 0.446 e. The van der Waals surface area contributed by atoms with Crippen molar-refractivity contribution in [2.45, 2.75) is 37.2 Å². The molecule has 1 aromatic carbocycles. The van der Waals surface area contributed by atoms with Crippen LogP contribution in [0.2, 0.25) is 0 Å². The van der Waals surface area contributed by atoms with Crippen LogP contribution in [0.5, 0.6) is 0 Å². The predicted octanol–water partition coefficient (Wildman–Crippen LogP) is 2.18. The van der Waals surface area contributed by atoms with Crippen molar-refractivity contribution in [3.63, 3.8) is 0 Å². The lowest BCUT2D eigenvalue weighted by Crippen LogP contribution is -2.41. The molecular formula is C15H22N2O2. The zero-order chi connectivity index (χ0) is 13.7. The minimum Gasteiger partial charge on any atom is -0.446 e. The summed E-state index contributed by atoms with van der Waals surface area (Å²) in [6.45, 7) is 0.643. The Hall–Kier alpha value is -1.55. The van der Waals surface area contributed by atoms with Crippen molar-refractivity contribution in [1.82, 2.24) is 5.32 Å². The molecule has 0 spiro atoms. The first-order valence-electron chi connectivity index (χ1n) is 6.84. The zero-order valence-corrected chi connectivity index (χ0v) is 11.4. The van der Waals surface area contributed by atoms with Crippen LogP contribution in [0.25, 0.3) is 0 Å². The van der Waals surface area contributed by atoms with E-state index in [4.69, 9.17) is 10.5 Å². The third-order valence-electron chi connectivity index (χ3n) is 4.14. The van der Waals surface area contributed by atoms with Gasteiger partial charge in [0.25, 0.3) is 0 Å². The second kappa shape index (κ2) is 6.06. The maximum absolute atomic E-state index is 11.2. The summed E-state index contributed by atoms with van der Waals surface area (Å²) in [5.74, 6) is 0. The van der Waals surface area contributed by atoms with Crippen LogP contribution in [0, 0.1) is 0 Å². The van der Waals surface area contributed by atoms with E-state index in [1.165, 1.54) is 5.56 Å². The number of benzene rings is 1. The Morgan fingerprint density at radius 2 is 2.00 bits per heavy atom. The Kier molecular flexibility index (Phi) is 4.43. The number of carbonyl (C=O) groups excluding carboxylic acids is 1. The average Bonchev–Trinajstić information content (AvgIpc) is 2.49. The van der Waals surface area contributed by atoms with E-state index >= 15 is 0 Å². The molecule has 0 atom stereocenters. The van der Waals surface area contributed by atoms with E-state index in [9.17, 15) is 4.79 Å². The van der Waals surface area contributed by atoms with Gasteiger partial charge in [-0.2, -0.15) is 0 Å². The number of nitrogens with one attached hydrogen (secondary N) is 1. The van der Waals surface area contributed by atoms with E-state index in [-0.39, 0.29) is 17.6 Å². The van der Waals surface area contributed by atoms with Crippen LogP contribution in [0.4, 0.5) is 4.79 Å². The Balaban J connectivity index is 2.02. The zero-order valence-electron chi connectivity index (χ0n) is 11.4. The molecule has 0 bridgehead atoms. The minimum atomic E-state index is -0.343. The highest BCUT2D eigenvalue weighted by Crippen LogP contribution is 2.39. The summed E-state index contributed by atoms with van der Waals surface area (Å²) in [6, 6.07) is 10.4. The summed E-state index contributed by atoms with van der Waals surface area (Å²) >= 11 is 0. The molecule has 0 aliphatic heterocycles. The third kappa shape index (κ3) is 3.07. The molecule has 4 nitrogen and oxygen atoms in total. The molecule has 19 heavy (non-hydrogen) atoms. The van der Waals surface area contributed by atoms with E-state index < -0.39 is 0 Å². The van der Waals surface area contributed by atoms with Crippen molar-refractivity contribution in [2.75, 3.05) is 13.6 Å². The third-order valence-corrected chi connectivity index (χ3v) is 4.14. The predicted molar refractivity (Wildman–Crippen MR) is 75.0 cm³/mol. The molecule has 1 saturated carbocycles. The molecule has 0 unspecified atom stereocenters. The van der Waals surface area contributed by atoms with Gasteiger partial charge in [0.15, 0.2) is 0 Å². The molecule has 0 saturated heterocycles. The highest BCUT2D eigenvalue weighted by molar-refractivity contribution is 5.66. The standard InChI is InChI=1S/C15H22N2O2/c1-17-14(18)19-13-7-9-15(11-16,10-8-13)12-5-3-2-4-6-12/h2-6,13H,7-11,16H2,1H3,(H,17,18)/t13-,15-. The molecule has 1 aliphatic carbocycles. The number of alkyl carbamates (subject to hydrolysis) is 1. The van der Waals surface area contributed by atoms with Gasteiger partial charge in [0.2, 0.25) is 0 Å². The van der Waals surface area contributed by atoms with Crippen LogP contribution in [0.15, 0.2) is 30.3 Å². The summed E-state index contributed by atoms with van der Waals surface area (Å²) in [5, 5.41) is 2.49. The van der Waals surface area contributed by atoms with E-state index in [0.717, 1.165) is 25.7 Å². The maximum Gasteiger partial charge on any atom is 0.407 e. The minimum absolute atomic E-state index is 0.0170. The maximum atomic E-state index is 11.2. The molecule has 0 radical (unpaired) electrons. The van der Waals surface area contributed by atoms with Crippen molar-refractivity contribution in [3.05, 3.63) is 35.9 Å². The second-order valence-electron chi connectivity index (χ2n) is 5.21. The molecule has 1 aromatic rings. The summed E-state index contributed by atoms with van der Waals surface area (Å²) in [5.41, 5.74) is 7.37. The number of amides is 1. The summed E-state index contributed by atoms with van der Waals surface area (Å²) in [4.78, 5) is 11.2. The van der Waals surface area contributed by atoms with Gasteiger partial charge in [-0.3, -0.25) is 0 Å². The fraction of sp³-hybridized carbons (Fsp3) is 0.533. The number of hydrogen-bond acceptors (Lipinski definition) is 3. The number of ether oxygens (including phenoxy) is 1. The highest BCUT2D eigenvalue weighted by Gasteiger charge is 2.36. The lowest BCUT2D eigenvalue weighted by Gasteiger charge is -2.39. The van der Waals surface area contributed by atoms with Crippen molar-refractivity contribution in [2.24, 2.45) is 5.73 Å². The lowest BCUT2D eigenvalue weighted by atomic mass is 9.69. The van der Waals surface area contributed by atoms with Crippen molar-refractivity contribution in [3.8, 4) is 0 Å². The average molecular weight is 262 g/mol. The van der Waals surface area contributed by atoms with Gasteiger partial charge in [0.1, 0.15) is 6.10 Å². The van der Waals surface area contributed by atoms with Gasteiger partial charge in [0.05, 0.1) is 0 Å². The number of rotatable bonds is 3. The summed E-state index contributed by atoms with van der Waals surface area (Å²) in [6.07, 6.45) is 3.36. The molecule has 2 rings (SSSR count). The van der Waals surface area contributed by atoms with Gasteiger partial charge < -0.3 is 15.8 Å². The van der Waals surface area contributed by atoms with Crippen LogP contribution in [-0.4, -0.2) is 25.8 Å². The smallest absolute Gasteiger partial charge is 0.407 e. The topological polar surface area (TPSA) is 64.3 Å². The normalized spacial score (nSPS) is 26.7. The molecule has 104 valence electrons. The monoisotopic (exact) mass is 262 g/mol. The molecular weight excluding hydrogens is 240 g/mol. The summed E-state index contributed by atoms with van der Waals surface area (Å²) in [7, 11) is 1.58. The molecule has 3 N–H and O–H groups in total. The Bertz CT molecular complexity index is 411. The van der Waals surface area contributed by atoms with Crippen molar-refractivity contribution in [1.29, 1.82) is 0 Å². The number of hydrogen-bond donors (Lipinski definition) is 2. The highest BCUT2D eigenvalue weighted by atomic mass is 16.6. The first-order valence-corrected chi connectivity index (χ1v) is 6.84. The van der Waals surface area contributed by atoms with Crippen LogP contribution in [-0.2, 0) is 10.2 Å². The Labute approximate surface area is 114 Å². The summed E-state index contributed by atoms with van der Waals surface area (Å²) < 4.78 is 5.32. The van der Waals surface area contributed by atoms with E-state index in [0.29, 0.717) is 6.54 Å². The number of carbonyl (C=O) groups is 1. The first-order chi connectivity index (χ1) is 9.20. The van der Waals surface area contributed by atoms with Crippen LogP contribution >= 0.6 is 0 Å². The fourth-order valence-corrected chi connectivity index (χ4v) is 2.87. The van der Waals surface area contributed by atoms with E-state index in [1.807, 2.05) is 6.07 Å². The Morgan fingerprint density at radius 1 is 1.37 bits per heavy atom. The first kappa shape index (κ1) is 13.9. The van der Waals surface area contributed by atoms with Gasteiger partial charge in [-0.05, 0) is 31.2 Å². The Morgan fingerprint density at radius 3 is 2.53 bits per heavy atom. The molecule has 1 aliphatic rings. The van der Waals surface area contributed by atoms with Crippen molar-refractivity contribution >= 4 is 6.09 Å². The quantitative estimate of drug-likeness (QED) is 0.877. The van der Waals surface area contributed by atoms with E-state index in [2.05, 4.69) is 29.6 Å². The fourth-order valence-electron chi connectivity index (χ4n) is 2.87. The molecule has 0 aromatic heterocycles.